The van der Waals surface area contributed by atoms with Crippen molar-refractivity contribution in [3.05, 3.63) is 70.7 Å². The third kappa shape index (κ3) is 3.65. The number of carbonyl (C=O) groups is 1. The molecule has 7 heteroatoms. The van der Waals surface area contributed by atoms with Gasteiger partial charge in [0, 0.05) is 22.2 Å². The van der Waals surface area contributed by atoms with Gasteiger partial charge in [-0.05, 0) is 43.3 Å². The number of ether oxygens (including phenoxy) is 1. The number of hydrogen-bond donors (Lipinski definition) is 2. The molecule has 0 aliphatic rings. The molecule has 2 heterocycles. The predicted molar refractivity (Wildman–Crippen MR) is 111 cm³/mol. The van der Waals surface area contributed by atoms with Gasteiger partial charge < -0.3 is 10.1 Å². The van der Waals surface area contributed by atoms with E-state index in [-0.39, 0.29) is 5.91 Å². The van der Waals surface area contributed by atoms with Crippen molar-refractivity contribution in [3.63, 3.8) is 0 Å². The number of thiazole rings is 1. The molecule has 4 rings (SSSR count). The molecule has 2 aromatic heterocycles. The molecule has 0 aliphatic carbocycles. The van der Waals surface area contributed by atoms with Crippen molar-refractivity contribution >= 4 is 22.9 Å². The number of hydrogen-bond acceptors (Lipinski definition) is 5. The van der Waals surface area contributed by atoms with Crippen LogP contribution in [0.1, 0.15) is 15.4 Å². The molecule has 2 aromatic carbocycles. The number of benzene rings is 2. The number of carbonyl (C=O) groups excluding carboxylic acids is 1. The summed E-state index contributed by atoms with van der Waals surface area (Å²) in [6.45, 7) is 1.97. The Morgan fingerprint density at radius 2 is 1.96 bits per heavy atom. The first kappa shape index (κ1) is 17.9. The van der Waals surface area contributed by atoms with Gasteiger partial charge >= 0.3 is 0 Å². The second kappa shape index (κ2) is 7.66. The van der Waals surface area contributed by atoms with E-state index < -0.39 is 0 Å². The third-order valence-corrected chi connectivity index (χ3v) is 5.07. The lowest BCUT2D eigenvalue weighted by molar-refractivity contribution is 0.102. The van der Waals surface area contributed by atoms with Gasteiger partial charge in [0.05, 0.1) is 35.3 Å². The van der Waals surface area contributed by atoms with E-state index in [0.717, 1.165) is 27.6 Å². The van der Waals surface area contributed by atoms with Crippen LogP contribution in [0.2, 0.25) is 0 Å². The number of aryl methyl sites for hydroxylation is 1. The van der Waals surface area contributed by atoms with E-state index >= 15 is 0 Å². The molecular formula is C21H18N4O2S. The van der Waals surface area contributed by atoms with Crippen molar-refractivity contribution in [1.82, 2.24) is 15.2 Å². The van der Waals surface area contributed by atoms with Crippen molar-refractivity contribution in [2.45, 2.75) is 6.92 Å². The van der Waals surface area contributed by atoms with Crippen LogP contribution in [0.4, 0.5) is 5.69 Å². The third-order valence-electron chi connectivity index (χ3n) is 4.30. The van der Waals surface area contributed by atoms with E-state index in [9.17, 15) is 4.79 Å². The predicted octanol–water partition coefficient (Wildman–Crippen LogP) is 4.77. The molecule has 0 bridgehead atoms. The zero-order chi connectivity index (χ0) is 19.5. The van der Waals surface area contributed by atoms with E-state index in [1.54, 1.807) is 18.4 Å². The van der Waals surface area contributed by atoms with Gasteiger partial charge in [0.2, 0.25) is 0 Å². The van der Waals surface area contributed by atoms with Crippen molar-refractivity contribution in [1.29, 1.82) is 0 Å². The van der Waals surface area contributed by atoms with Crippen molar-refractivity contribution in [3.8, 4) is 28.3 Å². The van der Waals surface area contributed by atoms with Gasteiger partial charge in [-0.15, -0.1) is 11.3 Å². The maximum atomic E-state index is 12.8. The zero-order valence-electron chi connectivity index (χ0n) is 15.4. The van der Waals surface area contributed by atoms with Gasteiger partial charge in [0.1, 0.15) is 5.75 Å². The highest BCUT2D eigenvalue weighted by atomic mass is 32.1. The SMILES string of the molecule is COc1ccc(-c2[nH]ncc2C(=O)Nc2cccc(-c3csc(C)n3)c2)cc1. The smallest absolute Gasteiger partial charge is 0.259 e. The fourth-order valence-electron chi connectivity index (χ4n) is 2.89. The standard InChI is InChI=1S/C21H18N4O2S/c1-13-23-19(12-28-13)15-4-3-5-16(10-15)24-21(26)18-11-22-25-20(18)14-6-8-17(27-2)9-7-14/h3-12H,1-2H3,(H,22,25)(H,24,26). The normalized spacial score (nSPS) is 10.6. The van der Waals surface area contributed by atoms with Crippen LogP contribution in [0.5, 0.6) is 5.75 Å². The molecule has 0 saturated heterocycles. The molecule has 0 unspecified atom stereocenters. The summed E-state index contributed by atoms with van der Waals surface area (Å²) in [5.74, 6) is 0.523. The zero-order valence-corrected chi connectivity index (χ0v) is 16.2. The van der Waals surface area contributed by atoms with Crippen LogP contribution in [0.25, 0.3) is 22.5 Å². The van der Waals surface area contributed by atoms with Gasteiger partial charge in [-0.1, -0.05) is 12.1 Å². The molecule has 0 fully saturated rings. The molecule has 4 aromatic rings. The minimum absolute atomic E-state index is 0.230. The van der Waals surface area contributed by atoms with Gasteiger partial charge in [-0.25, -0.2) is 4.98 Å². The Morgan fingerprint density at radius 1 is 1.14 bits per heavy atom. The quantitative estimate of drug-likeness (QED) is 0.514. The van der Waals surface area contributed by atoms with Gasteiger partial charge in [-0.3, -0.25) is 9.89 Å². The number of amides is 1. The topological polar surface area (TPSA) is 79.9 Å². The van der Waals surface area contributed by atoms with E-state index in [0.29, 0.717) is 16.9 Å². The molecule has 2 N–H and O–H groups in total. The molecule has 0 aliphatic heterocycles. The summed E-state index contributed by atoms with van der Waals surface area (Å²) >= 11 is 1.60. The van der Waals surface area contributed by atoms with Crippen LogP contribution in [0, 0.1) is 6.92 Å². The Kier molecular flexibility index (Phi) is 4.90. The number of nitrogens with one attached hydrogen (secondary N) is 2. The molecule has 140 valence electrons. The molecular weight excluding hydrogens is 372 g/mol. The minimum atomic E-state index is -0.230. The maximum Gasteiger partial charge on any atom is 0.259 e. The fourth-order valence-corrected chi connectivity index (χ4v) is 3.51. The molecule has 0 radical (unpaired) electrons. The second-order valence-corrected chi connectivity index (χ2v) is 7.24. The van der Waals surface area contributed by atoms with Crippen LogP contribution in [0.3, 0.4) is 0 Å². The highest BCUT2D eigenvalue weighted by Gasteiger charge is 2.16. The minimum Gasteiger partial charge on any atom is -0.497 e. The second-order valence-electron chi connectivity index (χ2n) is 6.17. The Morgan fingerprint density at radius 3 is 2.68 bits per heavy atom. The summed E-state index contributed by atoms with van der Waals surface area (Å²) in [4.78, 5) is 17.3. The lowest BCUT2D eigenvalue weighted by atomic mass is 10.1. The van der Waals surface area contributed by atoms with Crippen molar-refractivity contribution in [2.75, 3.05) is 12.4 Å². The summed E-state index contributed by atoms with van der Waals surface area (Å²) in [5, 5.41) is 12.9. The molecule has 0 saturated carbocycles. The molecule has 6 nitrogen and oxygen atoms in total. The van der Waals surface area contributed by atoms with E-state index in [1.807, 2.05) is 60.8 Å². The monoisotopic (exact) mass is 390 g/mol. The van der Waals surface area contributed by atoms with Crippen molar-refractivity contribution in [2.24, 2.45) is 0 Å². The largest absolute Gasteiger partial charge is 0.497 e. The van der Waals surface area contributed by atoms with E-state index in [2.05, 4.69) is 20.5 Å². The van der Waals surface area contributed by atoms with Crippen LogP contribution in [0.15, 0.2) is 60.1 Å². The molecule has 0 spiro atoms. The number of anilines is 1. The summed E-state index contributed by atoms with van der Waals surface area (Å²) in [6.07, 6.45) is 1.53. The van der Waals surface area contributed by atoms with Crippen LogP contribution in [-0.2, 0) is 0 Å². The van der Waals surface area contributed by atoms with Crippen LogP contribution >= 0.6 is 11.3 Å². The van der Waals surface area contributed by atoms with Crippen LogP contribution in [-0.4, -0.2) is 28.2 Å². The fraction of sp³-hybridized carbons (Fsp3) is 0.0952. The number of H-pyrrole nitrogens is 1. The maximum absolute atomic E-state index is 12.8. The first-order chi connectivity index (χ1) is 13.6. The van der Waals surface area contributed by atoms with Gasteiger partial charge in [0.15, 0.2) is 0 Å². The lowest BCUT2D eigenvalue weighted by Gasteiger charge is -2.08. The Balaban J connectivity index is 1.57. The van der Waals surface area contributed by atoms with E-state index in [1.165, 1.54) is 6.20 Å². The van der Waals surface area contributed by atoms with Gasteiger partial charge in [-0.2, -0.15) is 5.10 Å². The van der Waals surface area contributed by atoms with Crippen LogP contribution < -0.4 is 10.1 Å². The molecule has 1 amide bonds. The number of methoxy groups -OCH3 is 1. The summed E-state index contributed by atoms with van der Waals surface area (Å²) < 4.78 is 5.18. The highest BCUT2D eigenvalue weighted by molar-refractivity contribution is 7.09. The average Bonchev–Trinajstić information content (AvgIpc) is 3.37. The summed E-state index contributed by atoms with van der Waals surface area (Å²) in [6, 6.07) is 15.1. The Labute approximate surface area is 166 Å². The van der Waals surface area contributed by atoms with E-state index in [4.69, 9.17) is 4.74 Å². The number of aromatic amines is 1. The Hall–Kier alpha value is -3.45. The number of nitrogens with zero attached hydrogens (tertiary/aromatic N) is 2. The first-order valence-corrected chi connectivity index (χ1v) is 9.54. The number of aromatic nitrogens is 3. The van der Waals surface area contributed by atoms with Gasteiger partial charge in [0.25, 0.3) is 5.91 Å². The average molecular weight is 390 g/mol. The molecule has 0 atom stereocenters. The Bertz CT molecular complexity index is 1120. The number of rotatable bonds is 5. The lowest BCUT2D eigenvalue weighted by Crippen LogP contribution is -2.12. The summed E-state index contributed by atoms with van der Waals surface area (Å²) in [5.41, 5.74) is 4.56. The highest BCUT2D eigenvalue weighted by Crippen LogP contribution is 2.26. The first-order valence-electron chi connectivity index (χ1n) is 8.66. The summed E-state index contributed by atoms with van der Waals surface area (Å²) in [7, 11) is 1.62. The molecule has 28 heavy (non-hydrogen) atoms. The van der Waals surface area contributed by atoms with Crippen molar-refractivity contribution < 1.29 is 9.53 Å².